The van der Waals surface area contributed by atoms with Crippen molar-refractivity contribution in [3.05, 3.63) is 57.6 Å². The average molecular weight is 528 g/mol. The van der Waals surface area contributed by atoms with Gasteiger partial charge in [0.15, 0.2) is 5.13 Å². The Kier molecular flexibility index (Phi) is 7.23. The monoisotopic (exact) mass is 527 g/mol. The van der Waals surface area contributed by atoms with E-state index >= 15 is 0 Å². The SMILES string of the molecule is CCN(C(=O)c1cc2cc(C)cc(C)c2n1CC(=O)O)c1nc(-c2cc(OC)c(Cl)cc2OC)cs1. The number of aromatic nitrogens is 2. The minimum atomic E-state index is -1.02. The highest BCUT2D eigenvalue weighted by Gasteiger charge is 2.26. The molecule has 0 radical (unpaired) electrons. The Bertz CT molecular complexity index is 1480. The maximum Gasteiger partial charge on any atom is 0.323 e. The number of halogens is 1. The summed E-state index contributed by atoms with van der Waals surface area (Å²) < 4.78 is 12.4. The zero-order valence-electron chi connectivity index (χ0n) is 20.6. The zero-order chi connectivity index (χ0) is 26.1. The minimum absolute atomic E-state index is 0.297. The fourth-order valence-corrected chi connectivity index (χ4v) is 5.49. The molecule has 36 heavy (non-hydrogen) atoms. The molecule has 0 aliphatic heterocycles. The molecule has 0 saturated heterocycles. The summed E-state index contributed by atoms with van der Waals surface area (Å²) in [6.07, 6.45) is 0. The third-order valence-corrected chi connectivity index (χ3v) is 7.03. The Morgan fingerprint density at radius 3 is 2.47 bits per heavy atom. The molecule has 188 valence electrons. The molecule has 0 unspecified atom stereocenters. The van der Waals surface area contributed by atoms with E-state index in [0.717, 1.165) is 22.0 Å². The maximum absolute atomic E-state index is 13.8. The van der Waals surface area contributed by atoms with Crippen LogP contribution >= 0.6 is 22.9 Å². The second-order valence-electron chi connectivity index (χ2n) is 8.28. The molecule has 0 bridgehead atoms. The average Bonchev–Trinajstić information content (AvgIpc) is 3.44. The van der Waals surface area contributed by atoms with E-state index < -0.39 is 5.97 Å². The van der Waals surface area contributed by atoms with Gasteiger partial charge in [0.1, 0.15) is 23.7 Å². The van der Waals surface area contributed by atoms with Crippen LogP contribution in [0.4, 0.5) is 5.13 Å². The van der Waals surface area contributed by atoms with E-state index in [1.54, 1.807) is 34.8 Å². The molecule has 0 spiro atoms. The van der Waals surface area contributed by atoms with Crippen LogP contribution in [0.1, 0.15) is 28.5 Å². The highest BCUT2D eigenvalue weighted by molar-refractivity contribution is 7.14. The summed E-state index contributed by atoms with van der Waals surface area (Å²) in [4.78, 5) is 31.7. The predicted octanol–water partition coefficient (Wildman–Crippen LogP) is 5.80. The van der Waals surface area contributed by atoms with E-state index in [2.05, 4.69) is 0 Å². The van der Waals surface area contributed by atoms with Gasteiger partial charge in [0, 0.05) is 28.9 Å². The molecule has 8 nitrogen and oxygen atoms in total. The molecule has 4 rings (SSSR count). The van der Waals surface area contributed by atoms with Crippen molar-refractivity contribution in [1.82, 2.24) is 9.55 Å². The summed E-state index contributed by atoms with van der Waals surface area (Å²) in [6, 6.07) is 9.09. The first-order valence-corrected chi connectivity index (χ1v) is 12.5. The summed E-state index contributed by atoms with van der Waals surface area (Å²) in [6.45, 7) is 5.76. The Labute approximate surface area is 217 Å². The first-order valence-electron chi connectivity index (χ1n) is 11.2. The third kappa shape index (κ3) is 4.64. The first-order chi connectivity index (χ1) is 17.2. The van der Waals surface area contributed by atoms with E-state index in [4.69, 9.17) is 26.1 Å². The molecule has 0 aliphatic carbocycles. The molecule has 2 aromatic heterocycles. The number of aryl methyl sites for hydroxylation is 2. The van der Waals surface area contributed by atoms with Crippen LogP contribution in [0.2, 0.25) is 5.02 Å². The van der Waals surface area contributed by atoms with Crippen LogP contribution in [-0.2, 0) is 11.3 Å². The summed E-state index contributed by atoms with van der Waals surface area (Å²) >= 11 is 7.55. The summed E-state index contributed by atoms with van der Waals surface area (Å²) in [5.41, 5.74) is 4.26. The van der Waals surface area contributed by atoms with Gasteiger partial charge in [-0.05, 0) is 44.5 Å². The van der Waals surface area contributed by atoms with Gasteiger partial charge in [-0.1, -0.05) is 23.2 Å². The highest BCUT2D eigenvalue weighted by atomic mass is 35.5. The van der Waals surface area contributed by atoms with Crippen molar-refractivity contribution in [2.45, 2.75) is 27.3 Å². The van der Waals surface area contributed by atoms with Gasteiger partial charge in [-0.3, -0.25) is 14.5 Å². The van der Waals surface area contributed by atoms with Crippen LogP contribution in [0.3, 0.4) is 0 Å². The molecular weight excluding hydrogens is 502 g/mol. The lowest BCUT2D eigenvalue weighted by Crippen LogP contribution is -2.32. The molecule has 0 fully saturated rings. The number of fused-ring (bicyclic) bond motifs is 1. The third-order valence-electron chi connectivity index (χ3n) is 5.87. The van der Waals surface area contributed by atoms with Crippen LogP contribution in [-0.4, -0.2) is 47.3 Å². The number of rotatable bonds is 8. The fraction of sp³-hybridized carbons (Fsp3) is 0.269. The van der Waals surface area contributed by atoms with Gasteiger partial charge in [0.25, 0.3) is 5.91 Å². The normalized spacial score (nSPS) is 11.1. The molecule has 1 amide bonds. The van der Waals surface area contributed by atoms with Gasteiger partial charge < -0.3 is 19.1 Å². The molecule has 0 aliphatic rings. The highest BCUT2D eigenvalue weighted by Crippen LogP contribution is 2.40. The lowest BCUT2D eigenvalue weighted by atomic mass is 10.1. The van der Waals surface area contributed by atoms with Gasteiger partial charge in [0.2, 0.25) is 0 Å². The summed E-state index contributed by atoms with van der Waals surface area (Å²) in [7, 11) is 3.07. The standard InChI is InChI=1S/C26H26ClN3O5S/c1-6-29(26-28-19(13-36-26)17-10-22(35-5)18(27)11-21(17)34-4)25(33)20-9-16-8-14(2)7-15(3)24(16)30(20)12-23(31)32/h7-11,13H,6,12H2,1-5H3,(H,31,32). The Morgan fingerprint density at radius 1 is 1.11 bits per heavy atom. The molecule has 1 N–H and O–H groups in total. The largest absolute Gasteiger partial charge is 0.496 e. The van der Waals surface area contributed by atoms with Gasteiger partial charge in [0.05, 0.1) is 30.5 Å². The van der Waals surface area contributed by atoms with E-state index in [-0.39, 0.29) is 12.5 Å². The smallest absolute Gasteiger partial charge is 0.323 e. The molecule has 4 aromatic rings. The number of carbonyl (C=O) groups is 2. The van der Waals surface area contributed by atoms with Gasteiger partial charge in [-0.15, -0.1) is 11.3 Å². The minimum Gasteiger partial charge on any atom is -0.496 e. The van der Waals surface area contributed by atoms with Crippen molar-refractivity contribution in [3.8, 4) is 22.8 Å². The maximum atomic E-state index is 13.8. The first kappa shape index (κ1) is 25.5. The number of hydrogen-bond acceptors (Lipinski definition) is 6. The fourth-order valence-electron chi connectivity index (χ4n) is 4.37. The number of anilines is 1. The van der Waals surface area contributed by atoms with Crippen LogP contribution in [0.15, 0.2) is 35.7 Å². The van der Waals surface area contributed by atoms with E-state index in [1.807, 2.05) is 38.3 Å². The Hall–Kier alpha value is -3.56. The number of thiazole rings is 1. The van der Waals surface area contributed by atoms with E-state index in [1.165, 1.54) is 18.4 Å². The van der Waals surface area contributed by atoms with Crippen LogP contribution < -0.4 is 14.4 Å². The number of ether oxygens (including phenoxy) is 2. The van der Waals surface area contributed by atoms with Crippen molar-refractivity contribution in [2.24, 2.45) is 0 Å². The second kappa shape index (κ2) is 10.2. The van der Waals surface area contributed by atoms with Crippen molar-refractivity contribution in [3.63, 3.8) is 0 Å². The lowest BCUT2D eigenvalue weighted by Gasteiger charge is -2.19. The van der Waals surface area contributed by atoms with Gasteiger partial charge >= 0.3 is 5.97 Å². The number of carboxylic acids is 1. The van der Waals surface area contributed by atoms with Crippen molar-refractivity contribution in [1.29, 1.82) is 0 Å². The topological polar surface area (TPSA) is 93.9 Å². The van der Waals surface area contributed by atoms with Crippen LogP contribution in [0.25, 0.3) is 22.2 Å². The van der Waals surface area contributed by atoms with E-state index in [9.17, 15) is 14.7 Å². The number of carboxylic acid groups (broad SMARTS) is 1. The number of benzene rings is 2. The van der Waals surface area contributed by atoms with Crippen molar-refractivity contribution >= 4 is 50.8 Å². The number of hydrogen-bond donors (Lipinski definition) is 1. The van der Waals surface area contributed by atoms with Gasteiger partial charge in [-0.2, -0.15) is 0 Å². The molecular formula is C26H26ClN3O5S. The van der Waals surface area contributed by atoms with Crippen LogP contribution in [0, 0.1) is 13.8 Å². The molecule has 10 heteroatoms. The molecule has 2 heterocycles. The zero-order valence-corrected chi connectivity index (χ0v) is 22.2. The quantitative estimate of drug-likeness (QED) is 0.311. The van der Waals surface area contributed by atoms with Crippen LogP contribution in [0.5, 0.6) is 11.5 Å². The predicted molar refractivity (Wildman–Crippen MR) is 142 cm³/mol. The molecule has 2 aromatic carbocycles. The number of aliphatic carboxylic acids is 1. The number of amides is 1. The molecule has 0 saturated carbocycles. The van der Waals surface area contributed by atoms with Gasteiger partial charge in [-0.25, -0.2) is 4.98 Å². The summed E-state index contributed by atoms with van der Waals surface area (Å²) in [5, 5.41) is 13.1. The van der Waals surface area contributed by atoms with E-state index in [0.29, 0.717) is 45.1 Å². The number of nitrogens with zero attached hydrogens (tertiary/aromatic N) is 3. The number of methoxy groups -OCH3 is 2. The molecule has 0 atom stereocenters. The second-order valence-corrected chi connectivity index (χ2v) is 9.52. The van der Waals surface area contributed by atoms with Crippen molar-refractivity contribution < 1.29 is 24.2 Å². The van der Waals surface area contributed by atoms with Crippen molar-refractivity contribution in [2.75, 3.05) is 25.7 Å². The summed E-state index contributed by atoms with van der Waals surface area (Å²) in [5.74, 6) is -0.341. The lowest BCUT2D eigenvalue weighted by molar-refractivity contribution is -0.137. The number of carbonyl (C=O) groups excluding carboxylic acids is 1. The Balaban J connectivity index is 1.78. The Morgan fingerprint density at radius 2 is 1.83 bits per heavy atom.